The quantitative estimate of drug-likeness (QED) is 0.886. The Morgan fingerprint density at radius 1 is 1.00 bits per heavy atom. The molecule has 110 valence electrons. The van der Waals surface area contributed by atoms with Crippen molar-refractivity contribution in [1.29, 1.82) is 0 Å². The summed E-state index contributed by atoms with van der Waals surface area (Å²) in [5.41, 5.74) is 0.725. The summed E-state index contributed by atoms with van der Waals surface area (Å²) in [5, 5.41) is 13.5. The third-order valence-electron chi connectivity index (χ3n) is 3.01. The normalized spacial score (nSPS) is 10.0. The standard InChI is InChI=1S/C15H19N5O/c1-3-20(4-2)14-11-10-13(18-19-14)17-15(21)16-12-8-6-5-7-9-12/h5-11H,3-4H2,1-2H3,(H2,16,17,18,21). The summed E-state index contributed by atoms with van der Waals surface area (Å²) in [6.45, 7) is 5.86. The molecular weight excluding hydrogens is 266 g/mol. The highest BCUT2D eigenvalue weighted by atomic mass is 16.2. The summed E-state index contributed by atoms with van der Waals surface area (Å²) in [5.74, 6) is 1.22. The van der Waals surface area contributed by atoms with Crippen molar-refractivity contribution in [2.75, 3.05) is 28.6 Å². The smallest absolute Gasteiger partial charge is 0.324 e. The van der Waals surface area contributed by atoms with Crippen LogP contribution in [0.15, 0.2) is 42.5 Å². The average Bonchev–Trinajstić information content (AvgIpc) is 2.51. The third kappa shape index (κ3) is 4.17. The zero-order chi connectivity index (χ0) is 15.1. The molecule has 1 aromatic carbocycles. The monoisotopic (exact) mass is 285 g/mol. The zero-order valence-electron chi connectivity index (χ0n) is 12.2. The average molecular weight is 285 g/mol. The third-order valence-corrected chi connectivity index (χ3v) is 3.01. The number of rotatable bonds is 5. The van der Waals surface area contributed by atoms with E-state index in [2.05, 4.69) is 39.6 Å². The molecule has 1 aromatic heterocycles. The van der Waals surface area contributed by atoms with Crippen LogP contribution < -0.4 is 15.5 Å². The predicted octanol–water partition coefficient (Wildman–Crippen LogP) is 2.97. The van der Waals surface area contributed by atoms with E-state index in [0.29, 0.717) is 5.82 Å². The lowest BCUT2D eigenvalue weighted by molar-refractivity contribution is 0.262. The molecule has 2 rings (SSSR count). The summed E-state index contributed by atoms with van der Waals surface area (Å²) >= 11 is 0. The summed E-state index contributed by atoms with van der Waals surface area (Å²) in [4.78, 5) is 13.9. The van der Waals surface area contributed by atoms with Gasteiger partial charge in [-0.3, -0.25) is 5.32 Å². The van der Waals surface area contributed by atoms with Crippen molar-refractivity contribution < 1.29 is 4.79 Å². The molecule has 2 N–H and O–H groups in total. The van der Waals surface area contributed by atoms with E-state index < -0.39 is 0 Å². The van der Waals surface area contributed by atoms with Gasteiger partial charge in [-0.15, -0.1) is 10.2 Å². The number of anilines is 3. The summed E-state index contributed by atoms with van der Waals surface area (Å²) in [6.07, 6.45) is 0. The fraction of sp³-hybridized carbons (Fsp3) is 0.267. The lowest BCUT2D eigenvalue weighted by atomic mass is 10.3. The van der Waals surface area contributed by atoms with Gasteiger partial charge in [0, 0.05) is 18.8 Å². The van der Waals surface area contributed by atoms with Crippen LogP contribution in [0.25, 0.3) is 0 Å². The van der Waals surface area contributed by atoms with Gasteiger partial charge in [0.15, 0.2) is 11.6 Å². The van der Waals surface area contributed by atoms with Crippen LogP contribution in [0.3, 0.4) is 0 Å². The van der Waals surface area contributed by atoms with Gasteiger partial charge in [-0.2, -0.15) is 0 Å². The molecule has 2 amide bonds. The van der Waals surface area contributed by atoms with Crippen molar-refractivity contribution in [3.8, 4) is 0 Å². The van der Waals surface area contributed by atoms with Crippen molar-refractivity contribution >= 4 is 23.4 Å². The molecule has 0 bridgehead atoms. The minimum atomic E-state index is -0.342. The van der Waals surface area contributed by atoms with E-state index in [-0.39, 0.29) is 6.03 Å². The van der Waals surface area contributed by atoms with Crippen LogP contribution in [0, 0.1) is 0 Å². The number of hydrogen-bond donors (Lipinski definition) is 2. The van der Waals surface area contributed by atoms with E-state index in [0.717, 1.165) is 24.6 Å². The molecule has 0 aliphatic heterocycles. The Hall–Kier alpha value is -2.63. The molecule has 0 unspecified atom stereocenters. The van der Waals surface area contributed by atoms with Crippen molar-refractivity contribution in [3.63, 3.8) is 0 Å². The number of hydrogen-bond acceptors (Lipinski definition) is 4. The Bertz CT molecular complexity index is 566. The van der Waals surface area contributed by atoms with Crippen LogP contribution in [0.2, 0.25) is 0 Å². The topological polar surface area (TPSA) is 70.2 Å². The van der Waals surface area contributed by atoms with E-state index in [1.807, 2.05) is 36.4 Å². The van der Waals surface area contributed by atoms with Crippen molar-refractivity contribution in [3.05, 3.63) is 42.5 Å². The van der Waals surface area contributed by atoms with Gasteiger partial charge in [-0.05, 0) is 38.1 Å². The molecule has 0 aliphatic rings. The number of para-hydroxylation sites is 1. The molecule has 6 nitrogen and oxygen atoms in total. The summed E-state index contributed by atoms with van der Waals surface area (Å²) in [6, 6.07) is 12.5. The van der Waals surface area contributed by atoms with E-state index >= 15 is 0 Å². The minimum Gasteiger partial charge on any atom is -0.356 e. The second-order valence-corrected chi connectivity index (χ2v) is 4.39. The Morgan fingerprint density at radius 2 is 1.71 bits per heavy atom. The van der Waals surface area contributed by atoms with Gasteiger partial charge in [-0.1, -0.05) is 18.2 Å². The van der Waals surface area contributed by atoms with Crippen LogP contribution in [-0.4, -0.2) is 29.3 Å². The minimum absolute atomic E-state index is 0.342. The van der Waals surface area contributed by atoms with Gasteiger partial charge < -0.3 is 10.2 Å². The molecule has 2 aromatic rings. The van der Waals surface area contributed by atoms with Crippen LogP contribution in [0.1, 0.15) is 13.8 Å². The maximum Gasteiger partial charge on any atom is 0.324 e. The van der Waals surface area contributed by atoms with E-state index in [1.165, 1.54) is 0 Å². The number of benzene rings is 1. The highest BCUT2D eigenvalue weighted by molar-refractivity contribution is 5.99. The number of amides is 2. The van der Waals surface area contributed by atoms with Crippen LogP contribution in [0.5, 0.6) is 0 Å². The number of nitrogens with zero attached hydrogens (tertiary/aromatic N) is 3. The first-order valence-corrected chi connectivity index (χ1v) is 6.94. The van der Waals surface area contributed by atoms with Crippen LogP contribution >= 0.6 is 0 Å². The van der Waals surface area contributed by atoms with E-state index in [1.54, 1.807) is 6.07 Å². The Morgan fingerprint density at radius 3 is 2.29 bits per heavy atom. The fourth-order valence-corrected chi connectivity index (χ4v) is 1.91. The lowest BCUT2D eigenvalue weighted by Gasteiger charge is -2.18. The molecule has 21 heavy (non-hydrogen) atoms. The van der Waals surface area contributed by atoms with Gasteiger partial charge in [0.25, 0.3) is 0 Å². The fourth-order valence-electron chi connectivity index (χ4n) is 1.91. The number of nitrogens with one attached hydrogen (secondary N) is 2. The number of carbonyl (C=O) groups excluding carboxylic acids is 1. The first-order chi connectivity index (χ1) is 10.2. The van der Waals surface area contributed by atoms with Gasteiger partial charge in [0.2, 0.25) is 0 Å². The van der Waals surface area contributed by atoms with Gasteiger partial charge >= 0.3 is 6.03 Å². The summed E-state index contributed by atoms with van der Waals surface area (Å²) in [7, 11) is 0. The van der Waals surface area contributed by atoms with Gasteiger partial charge in [0.05, 0.1) is 0 Å². The Labute approximate surface area is 124 Å². The molecule has 0 saturated heterocycles. The second-order valence-electron chi connectivity index (χ2n) is 4.39. The molecule has 0 atom stereocenters. The summed E-state index contributed by atoms with van der Waals surface area (Å²) < 4.78 is 0. The van der Waals surface area contributed by atoms with Crippen LogP contribution in [-0.2, 0) is 0 Å². The van der Waals surface area contributed by atoms with Gasteiger partial charge in [-0.25, -0.2) is 4.79 Å². The second kappa shape index (κ2) is 7.23. The molecule has 1 heterocycles. The van der Waals surface area contributed by atoms with E-state index in [9.17, 15) is 4.79 Å². The molecule has 0 radical (unpaired) electrons. The molecular formula is C15H19N5O. The first kappa shape index (κ1) is 14.8. The maximum absolute atomic E-state index is 11.8. The largest absolute Gasteiger partial charge is 0.356 e. The number of carbonyl (C=O) groups is 1. The number of urea groups is 1. The SMILES string of the molecule is CCN(CC)c1ccc(NC(=O)Nc2ccccc2)nn1. The van der Waals surface area contributed by atoms with Crippen molar-refractivity contribution in [2.45, 2.75) is 13.8 Å². The van der Waals surface area contributed by atoms with Crippen molar-refractivity contribution in [1.82, 2.24) is 10.2 Å². The van der Waals surface area contributed by atoms with Gasteiger partial charge in [0.1, 0.15) is 0 Å². The molecule has 0 aliphatic carbocycles. The number of aromatic nitrogens is 2. The van der Waals surface area contributed by atoms with E-state index in [4.69, 9.17) is 0 Å². The molecule has 0 fully saturated rings. The first-order valence-electron chi connectivity index (χ1n) is 6.94. The lowest BCUT2D eigenvalue weighted by Crippen LogP contribution is -2.24. The van der Waals surface area contributed by atoms with Crippen molar-refractivity contribution in [2.24, 2.45) is 0 Å². The Kier molecular flexibility index (Phi) is 5.09. The molecule has 0 saturated carbocycles. The molecule has 6 heteroatoms. The Balaban J connectivity index is 1.95. The highest BCUT2D eigenvalue weighted by Crippen LogP contribution is 2.11. The maximum atomic E-state index is 11.8. The molecule has 0 spiro atoms. The predicted molar refractivity (Wildman–Crippen MR) is 84.7 cm³/mol. The highest BCUT2D eigenvalue weighted by Gasteiger charge is 2.06. The zero-order valence-corrected chi connectivity index (χ0v) is 12.2. The van der Waals surface area contributed by atoms with Crippen LogP contribution in [0.4, 0.5) is 22.1 Å².